The first-order valence-corrected chi connectivity index (χ1v) is 5.68. The van der Waals surface area contributed by atoms with Gasteiger partial charge in [-0.05, 0) is 12.1 Å². The summed E-state index contributed by atoms with van der Waals surface area (Å²) < 4.78 is 7.55. The molecule has 0 atom stereocenters. The molecule has 90 valence electrons. The number of imidazole rings is 1. The lowest BCUT2D eigenvalue weighted by Gasteiger charge is -2.07. The SMILES string of the molecule is Cn1ccnc1CCOc1ccc(N)c(Cl)c1. The third kappa shape index (κ3) is 2.91. The lowest BCUT2D eigenvalue weighted by molar-refractivity contribution is 0.317. The Balaban J connectivity index is 1.90. The summed E-state index contributed by atoms with van der Waals surface area (Å²) in [5, 5.41) is 0.513. The highest BCUT2D eigenvalue weighted by molar-refractivity contribution is 6.33. The van der Waals surface area contributed by atoms with Crippen LogP contribution in [-0.2, 0) is 13.5 Å². The maximum atomic E-state index is 5.90. The second kappa shape index (κ2) is 5.10. The van der Waals surface area contributed by atoms with Gasteiger partial charge in [0.1, 0.15) is 11.6 Å². The molecule has 0 saturated heterocycles. The summed E-state index contributed by atoms with van der Waals surface area (Å²) in [6, 6.07) is 5.26. The third-order valence-electron chi connectivity index (χ3n) is 2.49. The largest absolute Gasteiger partial charge is 0.493 e. The Labute approximate surface area is 105 Å². The van der Waals surface area contributed by atoms with E-state index in [4.69, 9.17) is 22.1 Å². The molecule has 0 unspecified atom stereocenters. The topological polar surface area (TPSA) is 53.1 Å². The number of rotatable bonds is 4. The summed E-state index contributed by atoms with van der Waals surface area (Å²) >= 11 is 5.90. The summed E-state index contributed by atoms with van der Waals surface area (Å²) in [4.78, 5) is 4.22. The van der Waals surface area contributed by atoms with Gasteiger partial charge in [-0.15, -0.1) is 0 Å². The van der Waals surface area contributed by atoms with Gasteiger partial charge >= 0.3 is 0 Å². The molecule has 2 aromatic rings. The molecule has 1 aromatic heterocycles. The van der Waals surface area contributed by atoms with Crippen molar-refractivity contribution in [2.24, 2.45) is 7.05 Å². The number of halogens is 1. The normalized spacial score (nSPS) is 10.5. The van der Waals surface area contributed by atoms with Crippen LogP contribution < -0.4 is 10.5 Å². The minimum Gasteiger partial charge on any atom is -0.493 e. The van der Waals surface area contributed by atoms with Gasteiger partial charge in [0, 0.05) is 31.9 Å². The molecule has 2 N–H and O–H groups in total. The van der Waals surface area contributed by atoms with Crippen LogP contribution in [0.4, 0.5) is 5.69 Å². The second-order valence-electron chi connectivity index (χ2n) is 3.74. The van der Waals surface area contributed by atoms with Crippen molar-refractivity contribution in [1.29, 1.82) is 0 Å². The Morgan fingerprint density at radius 2 is 2.29 bits per heavy atom. The summed E-state index contributed by atoms with van der Waals surface area (Å²) in [7, 11) is 1.96. The molecule has 1 aromatic carbocycles. The predicted molar refractivity (Wildman–Crippen MR) is 68.3 cm³/mol. The number of benzene rings is 1. The minimum absolute atomic E-state index is 0.513. The molecule has 0 fully saturated rings. The number of ether oxygens (including phenoxy) is 1. The van der Waals surface area contributed by atoms with E-state index in [1.807, 2.05) is 17.8 Å². The minimum atomic E-state index is 0.513. The first-order chi connectivity index (χ1) is 8.16. The molecule has 0 aliphatic carbocycles. The molecule has 0 spiro atoms. The van der Waals surface area contributed by atoms with Crippen molar-refractivity contribution in [2.45, 2.75) is 6.42 Å². The molecule has 0 bridgehead atoms. The number of aromatic nitrogens is 2. The van der Waals surface area contributed by atoms with E-state index in [1.165, 1.54) is 0 Å². The molecule has 2 rings (SSSR count). The van der Waals surface area contributed by atoms with Crippen molar-refractivity contribution in [2.75, 3.05) is 12.3 Å². The number of nitrogen functional groups attached to an aromatic ring is 1. The third-order valence-corrected chi connectivity index (χ3v) is 2.81. The summed E-state index contributed by atoms with van der Waals surface area (Å²) in [6.07, 6.45) is 4.44. The molecule has 5 heteroatoms. The van der Waals surface area contributed by atoms with E-state index in [-0.39, 0.29) is 0 Å². The monoisotopic (exact) mass is 251 g/mol. The Kier molecular flexibility index (Phi) is 3.54. The smallest absolute Gasteiger partial charge is 0.120 e. The van der Waals surface area contributed by atoms with E-state index >= 15 is 0 Å². The van der Waals surface area contributed by atoms with Crippen LogP contribution in [0.1, 0.15) is 5.82 Å². The number of hydrogen-bond donors (Lipinski definition) is 1. The van der Waals surface area contributed by atoms with E-state index < -0.39 is 0 Å². The number of anilines is 1. The summed E-state index contributed by atoms with van der Waals surface area (Å²) in [5.74, 6) is 1.71. The van der Waals surface area contributed by atoms with Crippen LogP contribution in [0.25, 0.3) is 0 Å². The Bertz CT molecular complexity index is 510. The van der Waals surface area contributed by atoms with Gasteiger partial charge in [-0.1, -0.05) is 11.6 Å². The summed E-state index contributed by atoms with van der Waals surface area (Å²) in [5.41, 5.74) is 6.17. The van der Waals surface area contributed by atoms with E-state index in [0.717, 1.165) is 18.0 Å². The van der Waals surface area contributed by atoms with E-state index in [1.54, 1.807) is 24.4 Å². The average molecular weight is 252 g/mol. The molecule has 0 amide bonds. The Hall–Kier alpha value is -1.68. The van der Waals surface area contributed by atoms with Crippen LogP contribution in [-0.4, -0.2) is 16.2 Å². The van der Waals surface area contributed by atoms with E-state index in [0.29, 0.717) is 17.3 Å². The zero-order chi connectivity index (χ0) is 12.3. The predicted octanol–water partition coefficient (Wildman–Crippen LogP) is 2.28. The lowest BCUT2D eigenvalue weighted by Crippen LogP contribution is -2.06. The molecule has 0 saturated carbocycles. The van der Waals surface area contributed by atoms with Crippen LogP contribution in [0.15, 0.2) is 30.6 Å². The zero-order valence-corrected chi connectivity index (χ0v) is 10.3. The summed E-state index contributed by atoms with van der Waals surface area (Å²) in [6.45, 7) is 0.561. The van der Waals surface area contributed by atoms with Crippen LogP contribution in [0, 0.1) is 0 Å². The molecular formula is C12H14ClN3O. The van der Waals surface area contributed by atoms with Gasteiger partial charge in [-0.25, -0.2) is 4.98 Å². The number of hydrogen-bond acceptors (Lipinski definition) is 3. The first kappa shape index (κ1) is 11.8. The highest BCUT2D eigenvalue weighted by Crippen LogP contribution is 2.24. The Morgan fingerprint density at radius 3 is 2.94 bits per heavy atom. The second-order valence-corrected chi connectivity index (χ2v) is 4.14. The molecule has 1 heterocycles. The van der Waals surface area contributed by atoms with Crippen LogP contribution in [0.2, 0.25) is 5.02 Å². The average Bonchev–Trinajstić information content (AvgIpc) is 2.70. The van der Waals surface area contributed by atoms with Crippen molar-refractivity contribution < 1.29 is 4.74 Å². The van der Waals surface area contributed by atoms with Gasteiger partial charge in [0.15, 0.2) is 0 Å². The molecule has 0 aliphatic heterocycles. The number of nitrogens with two attached hydrogens (primary N) is 1. The maximum absolute atomic E-state index is 5.90. The van der Waals surface area contributed by atoms with Gasteiger partial charge in [-0.3, -0.25) is 0 Å². The van der Waals surface area contributed by atoms with Crippen molar-refractivity contribution in [1.82, 2.24) is 9.55 Å². The van der Waals surface area contributed by atoms with Crippen LogP contribution in [0.3, 0.4) is 0 Å². The van der Waals surface area contributed by atoms with Gasteiger partial charge in [0.2, 0.25) is 0 Å². The molecular weight excluding hydrogens is 238 g/mol. The molecule has 0 aliphatic rings. The fourth-order valence-electron chi connectivity index (χ4n) is 1.50. The van der Waals surface area contributed by atoms with Gasteiger partial charge in [0.25, 0.3) is 0 Å². The van der Waals surface area contributed by atoms with Crippen LogP contribution in [0.5, 0.6) is 5.75 Å². The quantitative estimate of drug-likeness (QED) is 0.849. The molecule has 4 nitrogen and oxygen atoms in total. The Morgan fingerprint density at radius 1 is 1.47 bits per heavy atom. The lowest BCUT2D eigenvalue weighted by atomic mass is 10.3. The number of aryl methyl sites for hydroxylation is 1. The first-order valence-electron chi connectivity index (χ1n) is 5.31. The van der Waals surface area contributed by atoms with E-state index in [2.05, 4.69) is 4.98 Å². The highest BCUT2D eigenvalue weighted by Gasteiger charge is 2.02. The van der Waals surface area contributed by atoms with Crippen LogP contribution >= 0.6 is 11.6 Å². The zero-order valence-electron chi connectivity index (χ0n) is 9.56. The van der Waals surface area contributed by atoms with E-state index in [9.17, 15) is 0 Å². The van der Waals surface area contributed by atoms with Gasteiger partial charge in [-0.2, -0.15) is 0 Å². The van der Waals surface area contributed by atoms with Crippen molar-refractivity contribution in [3.8, 4) is 5.75 Å². The van der Waals surface area contributed by atoms with Gasteiger partial charge in [0.05, 0.1) is 17.3 Å². The van der Waals surface area contributed by atoms with Gasteiger partial charge < -0.3 is 15.0 Å². The standard InChI is InChI=1S/C12H14ClN3O/c1-16-6-5-15-12(16)4-7-17-9-2-3-11(14)10(13)8-9/h2-3,5-6,8H,4,7,14H2,1H3. The maximum Gasteiger partial charge on any atom is 0.120 e. The fourth-order valence-corrected chi connectivity index (χ4v) is 1.67. The van der Waals surface area contributed by atoms with Crippen molar-refractivity contribution >= 4 is 17.3 Å². The molecule has 0 radical (unpaired) electrons. The highest BCUT2D eigenvalue weighted by atomic mass is 35.5. The molecule has 17 heavy (non-hydrogen) atoms. The van der Waals surface area contributed by atoms with Crippen molar-refractivity contribution in [3.05, 3.63) is 41.4 Å². The number of nitrogens with zero attached hydrogens (tertiary/aromatic N) is 2. The fraction of sp³-hybridized carbons (Fsp3) is 0.250. The van der Waals surface area contributed by atoms with Crippen molar-refractivity contribution in [3.63, 3.8) is 0 Å².